The van der Waals surface area contributed by atoms with Crippen LogP contribution in [0.25, 0.3) is 0 Å². The van der Waals surface area contributed by atoms with Gasteiger partial charge < -0.3 is 15.0 Å². The Hall–Kier alpha value is -2.49. The molecule has 0 aromatic heterocycles. The highest BCUT2D eigenvalue weighted by atomic mass is 16.5. The minimum Gasteiger partial charge on any atom is -0.481 e. The van der Waals surface area contributed by atoms with Gasteiger partial charge in [-0.2, -0.15) is 0 Å². The molecule has 116 valence electrons. The van der Waals surface area contributed by atoms with Crippen LogP contribution in [-0.2, 0) is 11.3 Å². The Kier molecular flexibility index (Phi) is 5.42. The molecule has 1 amide bonds. The highest BCUT2D eigenvalue weighted by Gasteiger charge is 2.14. The van der Waals surface area contributed by atoms with E-state index in [1.54, 1.807) is 6.92 Å². The van der Waals surface area contributed by atoms with E-state index < -0.39 is 6.10 Å². The van der Waals surface area contributed by atoms with Crippen LogP contribution in [0.2, 0.25) is 0 Å². The van der Waals surface area contributed by atoms with E-state index >= 15 is 0 Å². The molecule has 0 aliphatic carbocycles. The molecule has 4 nitrogen and oxygen atoms in total. The summed E-state index contributed by atoms with van der Waals surface area (Å²) in [5.41, 5.74) is 2.17. The van der Waals surface area contributed by atoms with Gasteiger partial charge in [0.2, 0.25) is 0 Å². The van der Waals surface area contributed by atoms with Crippen molar-refractivity contribution in [3.05, 3.63) is 60.2 Å². The number of rotatable bonds is 6. The maximum absolute atomic E-state index is 12.1. The van der Waals surface area contributed by atoms with Crippen LogP contribution in [0.3, 0.4) is 0 Å². The van der Waals surface area contributed by atoms with Crippen molar-refractivity contribution < 1.29 is 9.53 Å². The second-order valence-corrected chi connectivity index (χ2v) is 5.36. The Morgan fingerprint density at radius 3 is 2.55 bits per heavy atom. The third kappa shape index (κ3) is 4.52. The van der Waals surface area contributed by atoms with Crippen molar-refractivity contribution in [3.8, 4) is 5.75 Å². The molecule has 22 heavy (non-hydrogen) atoms. The minimum atomic E-state index is -0.528. The topological polar surface area (TPSA) is 41.6 Å². The van der Waals surface area contributed by atoms with Gasteiger partial charge in [0.15, 0.2) is 6.10 Å². The molecule has 0 spiro atoms. The molecule has 0 bridgehead atoms. The first-order chi connectivity index (χ1) is 10.6. The Balaban J connectivity index is 1.88. The number of ether oxygens (including phenoxy) is 1. The predicted octanol–water partition coefficient (Wildman–Crippen LogP) is 2.84. The summed E-state index contributed by atoms with van der Waals surface area (Å²) >= 11 is 0. The zero-order valence-electron chi connectivity index (χ0n) is 13.2. The van der Waals surface area contributed by atoms with Crippen LogP contribution >= 0.6 is 0 Å². The van der Waals surface area contributed by atoms with Crippen molar-refractivity contribution in [2.24, 2.45) is 0 Å². The molecule has 2 aromatic carbocycles. The largest absolute Gasteiger partial charge is 0.481 e. The normalized spacial score (nSPS) is 11.6. The summed E-state index contributed by atoms with van der Waals surface area (Å²) in [5.74, 6) is 0.568. The summed E-state index contributed by atoms with van der Waals surface area (Å²) in [6.45, 7) is 2.24. The van der Waals surface area contributed by atoms with E-state index in [9.17, 15) is 4.79 Å². The summed E-state index contributed by atoms with van der Waals surface area (Å²) in [6, 6.07) is 17.4. The quantitative estimate of drug-likeness (QED) is 0.891. The monoisotopic (exact) mass is 298 g/mol. The molecule has 0 aliphatic rings. The molecule has 0 saturated heterocycles. The van der Waals surface area contributed by atoms with Gasteiger partial charge in [-0.05, 0) is 36.8 Å². The average Bonchev–Trinajstić information content (AvgIpc) is 2.53. The standard InChI is InChI=1S/C18H22N2O2/c1-14(22-17-10-5-4-6-11-17)18(21)19-13-15-8-7-9-16(12-15)20(2)3/h4-12,14H,13H2,1-3H3,(H,19,21). The first-order valence-corrected chi connectivity index (χ1v) is 7.32. The number of anilines is 1. The third-order valence-corrected chi connectivity index (χ3v) is 3.32. The van der Waals surface area contributed by atoms with E-state index in [-0.39, 0.29) is 5.91 Å². The number of hydrogen-bond acceptors (Lipinski definition) is 3. The molecule has 1 N–H and O–H groups in total. The summed E-state index contributed by atoms with van der Waals surface area (Å²) < 4.78 is 5.61. The highest BCUT2D eigenvalue weighted by molar-refractivity contribution is 5.80. The zero-order valence-corrected chi connectivity index (χ0v) is 13.2. The van der Waals surface area contributed by atoms with E-state index in [4.69, 9.17) is 4.74 Å². The number of nitrogens with zero attached hydrogens (tertiary/aromatic N) is 1. The van der Waals surface area contributed by atoms with Crippen LogP contribution in [0.15, 0.2) is 54.6 Å². The summed E-state index contributed by atoms with van der Waals surface area (Å²) in [6.07, 6.45) is -0.528. The first kappa shape index (κ1) is 15.9. The fraction of sp³-hybridized carbons (Fsp3) is 0.278. The molecule has 1 atom stereocenters. The van der Waals surface area contributed by atoms with Gasteiger partial charge >= 0.3 is 0 Å². The van der Waals surface area contributed by atoms with Crippen LogP contribution in [0.1, 0.15) is 12.5 Å². The van der Waals surface area contributed by atoms with Gasteiger partial charge in [0.05, 0.1) is 0 Å². The lowest BCUT2D eigenvalue weighted by molar-refractivity contribution is -0.127. The van der Waals surface area contributed by atoms with Gasteiger partial charge in [0.25, 0.3) is 5.91 Å². The van der Waals surface area contributed by atoms with E-state index in [0.29, 0.717) is 12.3 Å². The minimum absolute atomic E-state index is 0.126. The zero-order chi connectivity index (χ0) is 15.9. The van der Waals surface area contributed by atoms with E-state index in [2.05, 4.69) is 11.4 Å². The average molecular weight is 298 g/mol. The molecule has 0 radical (unpaired) electrons. The third-order valence-electron chi connectivity index (χ3n) is 3.32. The summed E-state index contributed by atoms with van der Waals surface area (Å²) in [7, 11) is 3.99. The van der Waals surface area contributed by atoms with Gasteiger partial charge in [-0.25, -0.2) is 0 Å². The highest BCUT2D eigenvalue weighted by Crippen LogP contribution is 2.14. The van der Waals surface area contributed by atoms with Gasteiger partial charge in [-0.15, -0.1) is 0 Å². The van der Waals surface area contributed by atoms with Crippen molar-refractivity contribution in [1.29, 1.82) is 0 Å². The SMILES string of the molecule is CC(Oc1ccccc1)C(=O)NCc1cccc(N(C)C)c1. The summed E-state index contributed by atoms with van der Waals surface area (Å²) in [4.78, 5) is 14.1. The van der Waals surface area contributed by atoms with Gasteiger partial charge in [-0.3, -0.25) is 4.79 Å². The van der Waals surface area contributed by atoms with Crippen molar-refractivity contribution >= 4 is 11.6 Å². The lowest BCUT2D eigenvalue weighted by Crippen LogP contribution is -2.35. The lowest BCUT2D eigenvalue weighted by Gasteiger charge is -2.16. The number of carbonyl (C=O) groups is 1. The Bertz CT molecular complexity index is 611. The van der Waals surface area contributed by atoms with Crippen molar-refractivity contribution in [1.82, 2.24) is 5.32 Å². The fourth-order valence-electron chi connectivity index (χ4n) is 2.03. The van der Waals surface area contributed by atoms with E-state index in [1.807, 2.05) is 67.5 Å². The molecule has 2 rings (SSSR count). The lowest BCUT2D eigenvalue weighted by atomic mass is 10.2. The van der Waals surface area contributed by atoms with Gasteiger partial charge in [0.1, 0.15) is 5.75 Å². The number of hydrogen-bond donors (Lipinski definition) is 1. The van der Waals surface area contributed by atoms with Crippen molar-refractivity contribution in [2.75, 3.05) is 19.0 Å². The number of para-hydroxylation sites is 1. The smallest absolute Gasteiger partial charge is 0.261 e. The molecule has 0 heterocycles. The second kappa shape index (κ2) is 7.50. The molecule has 1 unspecified atom stereocenters. The Morgan fingerprint density at radius 1 is 1.14 bits per heavy atom. The molecule has 0 saturated carbocycles. The van der Waals surface area contributed by atoms with Gasteiger partial charge in [-0.1, -0.05) is 30.3 Å². The van der Waals surface area contributed by atoms with Crippen LogP contribution in [0, 0.1) is 0 Å². The molecule has 0 fully saturated rings. The number of carbonyl (C=O) groups excluding carboxylic acids is 1. The molecular formula is C18H22N2O2. The predicted molar refractivity (Wildman–Crippen MR) is 89.1 cm³/mol. The second-order valence-electron chi connectivity index (χ2n) is 5.36. The van der Waals surface area contributed by atoms with Crippen LogP contribution in [0.4, 0.5) is 5.69 Å². The molecular weight excluding hydrogens is 276 g/mol. The van der Waals surface area contributed by atoms with Crippen molar-refractivity contribution in [2.45, 2.75) is 19.6 Å². The first-order valence-electron chi connectivity index (χ1n) is 7.32. The molecule has 4 heteroatoms. The van der Waals surface area contributed by atoms with Crippen molar-refractivity contribution in [3.63, 3.8) is 0 Å². The van der Waals surface area contributed by atoms with Gasteiger partial charge in [0, 0.05) is 26.3 Å². The van der Waals surface area contributed by atoms with E-state index in [0.717, 1.165) is 11.3 Å². The molecule has 0 aliphatic heterocycles. The fourth-order valence-corrected chi connectivity index (χ4v) is 2.03. The number of amides is 1. The number of nitrogens with one attached hydrogen (secondary N) is 1. The Labute approximate surface area is 131 Å². The van der Waals surface area contributed by atoms with Crippen LogP contribution in [-0.4, -0.2) is 26.1 Å². The molecule has 2 aromatic rings. The summed E-state index contributed by atoms with van der Waals surface area (Å²) in [5, 5.41) is 2.90. The maximum Gasteiger partial charge on any atom is 0.261 e. The number of benzene rings is 2. The van der Waals surface area contributed by atoms with E-state index in [1.165, 1.54) is 0 Å². The van der Waals surface area contributed by atoms with Crippen LogP contribution in [0.5, 0.6) is 5.75 Å². The maximum atomic E-state index is 12.1. The van der Waals surface area contributed by atoms with Crippen LogP contribution < -0.4 is 15.0 Å². The Morgan fingerprint density at radius 2 is 1.86 bits per heavy atom.